The zero-order chi connectivity index (χ0) is 15.7. The van der Waals surface area contributed by atoms with Crippen molar-refractivity contribution in [1.82, 2.24) is 9.97 Å². The molecule has 3 rings (SSSR count). The maximum absolute atomic E-state index is 5.85. The summed E-state index contributed by atoms with van der Waals surface area (Å²) >= 11 is 0. The van der Waals surface area contributed by atoms with Crippen LogP contribution in [0.5, 0.6) is 11.5 Å². The summed E-state index contributed by atoms with van der Waals surface area (Å²) in [4.78, 5) is 7.91. The Labute approximate surface area is 129 Å². The normalized spacial score (nSPS) is 11.1. The number of rotatable bonds is 4. The second-order valence-electron chi connectivity index (χ2n) is 5.39. The largest absolute Gasteiger partial charge is 0.495 e. The Balaban J connectivity index is 2.01. The third-order valence-electron chi connectivity index (χ3n) is 3.33. The Hall–Kier alpha value is -2.69. The van der Waals surface area contributed by atoms with E-state index in [0.717, 1.165) is 28.2 Å². The van der Waals surface area contributed by atoms with Crippen LogP contribution in [-0.4, -0.2) is 23.2 Å². The number of hydrogen-bond acceptors (Lipinski definition) is 4. The number of benzene rings is 2. The second-order valence-corrected chi connectivity index (χ2v) is 5.39. The zero-order valence-electron chi connectivity index (χ0n) is 12.9. The summed E-state index contributed by atoms with van der Waals surface area (Å²) < 4.78 is 11.0. The number of hydrogen-bond donors (Lipinski definition) is 2. The van der Waals surface area contributed by atoms with Crippen LogP contribution in [0.2, 0.25) is 0 Å². The van der Waals surface area contributed by atoms with Crippen molar-refractivity contribution in [3.05, 3.63) is 36.4 Å². The smallest absolute Gasteiger partial charge is 0.142 e. The summed E-state index contributed by atoms with van der Waals surface area (Å²) in [5.41, 5.74) is 9.20. The number of imidazole rings is 1. The van der Waals surface area contributed by atoms with Gasteiger partial charge in [0.05, 0.1) is 29.9 Å². The highest BCUT2D eigenvalue weighted by Gasteiger charge is 2.09. The fourth-order valence-corrected chi connectivity index (χ4v) is 2.33. The third-order valence-corrected chi connectivity index (χ3v) is 3.33. The molecule has 3 N–H and O–H groups in total. The molecule has 22 heavy (non-hydrogen) atoms. The van der Waals surface area contributed by atoms with E-state index in [9.17, 15) is 0 Å². The van der Waals surface area contributed by atoms with Gasteiger partial charge in [0.25, 0.3) is 0 Å². The molecule has 2 aromatic carbocycles. The lowest BCUT2D eigenvalue weighted by Gasteiger charge is -2.08. The molecule has 0 aliphatic carbocycles. The van der Waals surface area contributed by atoms with Crippen LogP contribution in [-0.2, 0) is 0 Å². The van der Waals surface area contributed by atoms with Crippen molar-refractivity contribution in [3.8, 4) is 22.9 Å². The van der Waals surface area contributed by atoms with E-state index >= 15 is 0 Å². The minimum atomic E-state index is 0.140. The Kier molecular flexibility index (Phi) is 3.63. The summed E-state index contributed by atoms with van der Waals surface area (Å²) in [5, 5.41) is 0. The number of aromatic nitrogens is 2. The summed E-state index contributed by atoms with van der Waals surface area (Å²) in [6, 6.07) is 11.4. The van der Waals surface area contributed by atoms with Crippen molar-refractivity contribution >= 4 is 16.7 Å². The van der Waals surface area contributed by atoms with Crippen LogP contribution < -0.4 is 15.2 Å². The van der Waals surface area contributed by atoms with Gasteiger partial charge in [-0.15, -0.1) is 0 Å². The van der Waals surface area contributed by atoms with Crippen LogP contribution in [0, 0.1) is 0 Å². The topological polar surface area (TPSA) is 73.2 Å². The minimum Gasteiger partial charge on any atom is -0.495 e. The van der Waals surface area contributed by atoms with Crippen LogP contribution in [0.25, 0.3) is 22.4 Å². The van der Waals surface area contributed by atoms with Gasteiger partial charge in [0.15, 0.2) is 0 Å². The van der Waals surface area contributed by atoms with Crippen LogP contribution in [0.3, 0.4) is 0 Å². The first kappa shape index (κ1) is 14.3. The number of nitrogens with zero attached hydrogens (tertiary/aromatic N) is 1. The van der Waals surface area contributed by atoms with E-state index < -0.39 is 0 Å². The standard InChI is InChI=1S/C17H19N3O2/c1-10(2)22-12-5-7-14-15(9-12)20-17(19-14)11-4-6-13(18)16(8-11)21-3/h4-10H,18H2,1-3H3,(H,19,20). The fraction of sp³-hybridized carbons (Fsp3) is 0.235. The predicted octanol–water partition coefficient (Wildman–Crippen LogP) is 3.61. The van der Waals surface area contributed by atoms with E-state index in [1.54, 1.807) is 7.11 Å². The monoisotopic (exact) mass is 297 g/mol. The number of anilines is 1. The Bertz CT molecular complexity index is 809. The maximum atomic E-state index is 5.85. The van der Waals surface area contributed by atoms with E-state index in [2.05, 4.69) is 9.97 Å². The van der Waals surface area contributed by atoms with Gasteiger partial charge in [-0.2, -0.15) is 0 Å². The first-order valence-corrected chi connectivity index (χ1v) is 7.17. The number of fused-ring (bicyclic) bond motifs is 1. The maximum Gasteiger partial charge on any atom is 0.142 e. The van der Waals surface area contributed by atoms with Gasteiger partial charge in [-0.25, -0.2) is 4.98 Å². The second kappa shape index (κ2) is 5.60. The van der Waals surface area contributed by atoms with Gasteiger partial charge in [-0.3, -0.25) is 0 Å². The van der Waals surface area contributed by atoms with Gasteiger partial charge in [0.1, 0.15) is 17.3 Å². The molecule has 0 unspecified atom stereocenters. The Morgan fingerprint density at radius 3 is 2.68 bits per heavy atom. The number of aromatic amines is 1. The van der Waals surface area contributed by atoms with Gasteiger partial charge < -0.3 is 20.2 Å². The van der Waals surface area contributed by atoms with Crippen molar-refractivity contribution < 1.29 is 9.47 Å². The van der Waals surface area contributed by atoms with Crippen LogP contribution in [0.4, 0.5) is 5.69 Å². The van der Waals surface area contributed by atoms with Gasteiger partial charge in [-0.1, -0.05) is 0 Å². The molecule has 0 aliphatic rings. The molecule has 0 saturated heterocycles. The number of nitrogens with one attached hydrogen (secondary N) is 1. The quantitative estimate of drug-likeness (QED) is 0.721. The van der Waals surface area contributed by atoms with Crippen LogP contribution in [0.1, 0.15) is 13.8 Å². The van der Waals surface area contributed by atoms with Crippen molar-refractivity contribution in [2.45, 2.75) is 20.0 Å². The van der Waals surface area contributed by atoms with E-state index in [4.69, 9.17) is 15.2 Å². The lowest BCUT2D eigenvalue weighted by molar-refractivity contribution is 0.242. The Morgan fingerprint density at radius 1 is 1.14 bits per heavy atom. The van der Waals surface area contributed by atoms with Crippen molar-refractivity contribution in [3.63, 3.8) is 0 Å². The number of methoxy groups -OCH3 is 1. The summed E-state index contributed by atoms with van der Waals surface area (Å²) in [7, 11) is 1.60. The molecule has 5 nitrogen and oxygen atoms in total. The molecule has 0 amide bonds. The highest BCUT2D eigenvalue weighted by molar-refractivity contribution is 5.81. The summed E-state index contributed by atoms with van der Waals surface area (Å²) in [6.45, 7) is 4.01. The first-order chi connectivity index (χ1) is 10.6. The van der Waals surface area contributed by atoms with Gasteiger partial charge in [-0.05, 0) is 44.2 Å². The third kappa shape index (κ3) is 2.70. The molecule has 5 heteroatoms. The summed E-state index contributed by atoms with van der Waals surface area (Å²) in [6.07, 6.45) is 0.140. The Morgan fingerprint density at radius 2 is 1.95 bits per heavy atom. The number of H-pyrrole nitrogens is 1. The van der Waals surface area contributed by atoms with Crippen molar-refractivity contribution in [2.75, 3.05) is 12.8 Å². The fourth-order valence-electron chi connectivity index (χ4n) is 2.33. The molecule has 0 atom stereocenters. The predicted molar refractivity (Wildman–Crippen MR) is 88.3 cm³/mol. The molecule has 1 heterocycles. The lowest BCUT2D eigenvalue weighted by Crippen LogP contribution is -2.05. The zero-order valence-corrected chi connectivity index (χ0v) is 12.9. The van der Waals surface area contributed by atoms with Gasteiger partial charge in [0.2, 0.25) is 0 Å². The van der Waals surface area contributed by atoms with Crippen molar-refractivity contribution in [1.29, 1.82) is 0 Å². The highest BCUT2D eigenvalue weighted by Crippen LogP contribution is 2.29. The van der Waals surface area contributed by atoms with E-state index in [1.807, 2.05) is 50.2 Å². The molecule has 0 radical (unpaired) electrons. The molecule has 0 fully saturated rings. The average molecular weight is 297 g/mol. The minimum absolute atomic E-state index is 0.140. The first-order valence-electron chi connectivity index (χ1n) is 7.17. The van der Waals surface area contributed by atoms with E-state index in [1.165, 1.54) is 0 Å². The number of ether oxygens (including phenoxy) is 2. The molecule has 3 aromatic rings. The van der Waals surface area contributed by atoms with Gasteiger partial charge in [0, 0.05) is 11.6 Å². The molecular weight excluding hydrogens is 278 g/mol. The van der Waals surface area contributed by atoms with E-state index in [-0.39, 0.29) is 6.10 Å². The van der Waals surface area contributed by atoms with Crippen LogP contribution in [0.15, 0.2) is 36.4 Å². The molecule has 0 spiro atoms. The highest BCUT2D eigenvalue weighted by atomic mass is 16.5. The molecule has 0 saturated carbocycles. The molecular formula is C17H19N3O2. The number of nitrogen functional groups attached to an aromatic ring is 1. The van der Waals surface area contributed by atoms with Gasteiger partial charge >= 0.3 is 0 Å². The van der Waals surface area contributed by atoms with Crippen LogP contribution >= 0.6 is 0 Å². The molecule has 1 aromatic heterocycles. The van der Waals surface area contributed by atoms with E-state index in [0.29, 0.717) is 11.4 Å². The average Bonchev–Trinajstić information content (AvgIpc) is 2.90. The number of nitrogens with two attached hydrogens (primary N) is 1. The molecule has 114 valence electrons. The molecule has 0 bridgehead atoms. The molecule has 0 aliphatic heterocycles. The summed E-state index contributed by atoms with van der Waals surface area (Å²) in [5.74, 6) is 2.24. The SMILES string of the molecule is COc1cc(-c2nc3ccc(OC(C)C)cc3[nH]2)ccc1N. The van der Waals surface area contributed by atoms with Crippen molar-refractivity contribution in [2.24, 2.45) is 0 Å². The lowest BCUT2D eigenvalue weighted by atomic mass is 10.2.